The molecule has 9 nitrogen and oxygen atoms in total. The Morgan fingerprint density at radius 3 is 2.50 bits per heavy atom. The Labute approximate surface area is 207 Å². The van der Waals surface area contributed by atoms with Gasteiger partial charge in [0.15, 0.2) is 5.56 Å². The van der Waals surface area contributed by atoms with Crippen molar-refractivity contribution in [2.45, 2.75) is 20.4 Å². The summed E-state index contributed by atoms with van der Waals surface area (Å²) >= 11 is 0. The minimum Gasteiger partial charge on any atom is -0.506 e. The Morgan fingerprint density at radius 2 is 1.81 bits per heavy atom. The maximum Gasteiger partial charge on any atom is 0.419 e. The molecule has 0 saturated carbocycles. The van der Waals surface area contributed by atoms with E-state index in [4.69, 9.17) is 4.74 Å². The van der Waals surface area contributed by atoms with Gasteiger partial charge in [-0.3, -0.25) is 10.1 Å². The SMILES string of the molecule is CC(C)Cn1c(=O)c(C(=O)OC(=O)Nc2ccc(F)c(N3CCN(C)CC3)c2)c(O)c2ccccc21. The molecule has 0 unspecified atom stereocenters. The summed E-state index contributed by atoms with van der Waals surface area (Å²) in [6.45, 7) is 6.94. The summed E-state index contributed by atoms with van der Waals surface area (Å²) in [5, 5.41) is 13.4. The molecule has 0 bridgehead atoms. The molecule has 36 heavy (non-hydrogen) atoms. The Balaban J connectivity index is 1.56. The van der Waals surface area contributed by atoms with E-state index in [1.165, 1.54) is 22.8 Å². The summed E-state index contributed by atoms with van der Waals surface area (Å²) in [7, 11) is 1.99. The van der Waals surface area contributed by atoms with Crippen LogP contribution in [0.15, 0.2) is 47.3 Å². The molecule has 0 spiro atoms. The number of para-hydroxylation sites is 1. The minimum absolute atomic E-state index is 0.0794. The van der Waals surface area contributed by atoms with Crippen LogP contribution in [0, 0.1) is 11.7 Å². The number of nitrogens with one attached hydrogen (secondary N) is 1. The highest BCUT2D eigenvalue weighted by atomic mass is 19.1. The van der Waals surface area contributed by atoms with Crippen LogP contribution in [0.4, 0.5) is 20.6 Å². The smallest absolute Gasteiger partial charge is 0.419 e. The number of aromatic hydroxyl groups is 1. The van der Waals surface area contributed by atoms with E-state index in [1.54, 1.807) is 24.3 Å². The number of hydrogen-bond donors (Lipinski definition) is 2. The van der Waals surface area contributed by atoms with E-state index in [0.29, 0.717) is 36.2 Å². The van der Waals surface area contributed by atoms with Crippen molar-refractivity contribution < 1.29 is 23.8 Å². The third-order valence-electron chi connectivity index (χ3n) is 6.12. The first-order valence-electron chi connectivity index (χ1n) is 11.8. The van der Waals surface area contributed by atoms with Gasteiger partial charge in [-0.15, -0.1) is 0 Å². The van der Waals surface area contributed by atoms with Gasteiger partial charge in [-0.25, -0.2) is 14.0 Å². The van der Waals surface area contributed by atoms with Gasteiger partial charge in [0.25, 0.3) is 5.56 Å². The fourth-order valence-electron chi connectivity index (χ4n) is 4.28. The number of nitrogens with zero attached hydrogens (tertiary/aromatic N) is 3. The number of aromatic nitrogens is 1. The fourth-order valence-corrected chi connectivity index (χ4v) is 4.28. The molecule has 1 saturated heterocycles. The van der Waals surface area contributed by atoms with Crippen molar-refractivity contribution in [3.8, 4) is 5.75 Å². The maximum atomic E-state index is 14.4. The number of carbonyl (C=O) groups excluding carboxylic acids is 2. The number of pyridine rings is 1. The first-order chi connectivity index (χ1) is 17.2. The Morgan fingerprint density at radius 1 is 1.11 bits per heavy atom. The van der Waals surface area contributed by atoms with Crippen LogP contribution in [0.5, 0.6) is 5.75 Å². The average Bonchev–Trinajstić information content (AvgIpc) is 2.83. The second-order valence-corrected chi connectivity index (χ2v) is 9.31. The lowest BCUT2D eigenvalue weighted by atomic mass is 10.1. The number of carbonyl (C=O) groups is 2. The monoisotopic (exact) mass is 496 g/mol. The van der Waals surface area contributed by atoms with Crippen LogP contribution in [0.3, 0.4) is 0 Å². The number of likely N-dealkylation sites (N-methyl/N-ethyl adjacent to an activating group) is 1. The molecule has 2 N–H and O–H groups in total. The van der Waals surface area contributed by atoms with Gasteiger partial charge < -0.3 is 24.2 Å². The molecule has 0 atom stereocenters. The number of hydrogen-bond acceptors (Lipinski definition) is 7. The lowest BCUT2D eigenvalue weighted by Crippen LogP contribution is -2.44. The highest BCUT2D eigenvalue weighted by Crippen LogP contribution is 2.28. The number of amides is 1. The summed E-state index contributed by atoms with van der Waals surface area (Å²) in [6, 6.07) is 10.7. The van der Waals surface area contributed by atoms with Gasteiger partial charge in [0.05, 0.1) is 11.2 Å². The lowest BCUT2D eigenvalue weighted by molar-refractivity contribution is 0.0640. The van der Waals surface area contributed by atoms with Crippen LogP contribution in [-0.2, 0) is 11.3 Å². The number of ether oxygens (including phenoxy) is 1. The first kappa shape index (κ1) is 25.2. The third kappa shape index (κ3) is 5.18. The number of halogens is 1. The number of fused-ring (bicyclic) bond motifs is 1. The highest BCUT2D eigenvalue weighted by molar-refractivity contribution is 6.05. The highest BCUT2D eigenvalue weighted by Gasteiger charge is 2.26. The van der Waals surface area contributed by atoms with E-state index in [1.807, 2.05) is 25.8 Å². The van der Waals surface area contributed by atoms with E-state index < -0.39 is 34.8 Å². The molecule has 1 fully saturated rings. The molecule has 2 aromatic carbocycles. The topological polar surface area (TPSA) is 104 Å². The van der Waals surface area contributed by atoms with E-state index in [-0.39, 0.29) is 11.6 Å². The normalized spacial score (nSPS) is 14.3. The number of esters is 1. The summed E-state index contributed by atoms with van der Waals surface area (Å²) in [5.74, 6) is -2.18. The predicted octanol–water partition coefficient (Wildman–Crippen LogP) is 3.64. The molecule has 190 valence electrons. The summed E-state index contributed by atoms with van der Waals surface area (Å²) in [5.41, 5.74) is -0.352. The van der Waals surface area contributed by atoms with Gasteiger partial charge in [0.2, 0.25) is 0 Å². The molecule has 0 aliphatic carbocycles. The van der Waals surface area contributed by atoms with Gasteiger partial charge in [0, 0.05) is 43.8 Å². The Hall–Kier alpha value is -3.92. The van der Waals surface area contributed by atoms with Crippen molar-refractivity contribution in [1.29, 1.82) is 0 Å². The van der Waals surface area contributed by atoms with Gasteiger partial charge in [-0.1, -0.05) is 26.0 Å². The van der Waals surface area contributed by atoms with Gasteiger partial charge in [-0.2, -0.15) is 0 Å². The predicted molar refractivity (Wildman–Crippen MR) is 135 cm³/mol. The second-order valence-electron chi connectivity index (χ2n) is 9.31. The molecule has 3 aromatic rings. The van der Waals surface area contributed by atoms with Crippen LogP contribution in [0.1, 0.15) is 24.2 Å². The van der Waals surface area contributed by atoms with Crippen molar-refractivity contribution in [2.75, 3.05) is 43.4 Å². The Bertz CT molecular complexity index is 1360. The molecular formula is C26H29FN4O5. The quantitative estimate of drug-likeness (QED) is 0.411. The molecule has 2 heterocycles. The molecule has 1 amide bonds. The van der Waals surface area contributed by atoms with Gasteiger partial charge in [0.1, 0.15) is 11.6 Å². The van der Waals surface area contributed by atoms with Crippen molar-refractivity contribution in [3.63, 3.8) is 0 Å². The molecular weight excluding hydrogens is 467 g/mol. The fraction of sp³-hybridized carbons (Fsp3) is 0.346. The van der Waals surface area contributed by atoms with Crippen LogP contribution in [0.2, 0.25) is 0 Å². The zero-order chi connectivity index (χ0) is 26.0. The van der Waals surface area contributed by atoms with Crippen molar-refractivity contribution >= 4 is 34.3 Å². The van der Waals surface area contributed by atoms with Gasteiger partial charge in [-0.05, 0) is 43.3 Å². The third-order valence-corrected chi connectivity index (χ3v) is 6.12. The van der Waals surface area contributed by atoms with E-state index in [0.717, 1.165) is 13.1 Å². The van der Waals surface area contributed by atoms with Crippen LogP contribution < -0.4 is 15.8 Å². The van der Waals surface area contributed by atoms with E-state index in [9.17, 15) is 23.9 Å². The van der Waals surface area contributed by atoms with Gasteiger partial charge >= 0.3 is 12.1 Å². The molecule has 0 radical (unpaired) electrons. The zero-order valence-corrected chi connectivity index (χ0v) is 20.5. The summed E-state index contributed by atoms with van der Waals surface area (Å²) in [6.07, 6.45) is -1.15. The standard InChI is InChI=1S/C26H29FN4O5/c1-16(2)15-31-20-7-5-4-6-18(20)23(32)22(24(31)33)25(34)36-26(35)28-17-8-9-19(27)21(14-17)30-12-10-29(3)11-13-30/h4-9,14,16,32H,10-13,15H2,1-3H3,(H,28,35). The van der Waals surface area contributed by atoms with Crippen molar-refractivity contribution in [3.05, 3.63) is 64.2 Å². The minimum atomic E-state index is -1.28. The average molecular weight is 497 g/mol. The number of piperazine rings is 1. The number of anilines is 2. The number of benzene rings is 2. The van der Waals surface area contributed by atoms with Crippen LogP contribution >= 0.6 is 0 Å². The second kappa shape index (κ2) is 10.4. The van der Waals surface area contributed by atoms with Crippen molar-refractivity contribution in [2.24, 2.45) is 5.92 Å². The molecule has 1 aromatic heterocycles. The summed E-state index contributed by atoms with van der Waals surface area (Å²) < 4.78 is 20.7. The first-order valence-corrected chi connectivity index (χ1v) is 11.8. The maximum absolute atomic E-state index is 14.4. The van der Waals surface area contributed by atoms with E-state index >= 15 is 0 Å². The zero-order valence-electron chi connectivity index (χ0n) is 20.5. The van der Waals surface area contributed by atoms with Crippen LogP contribution in [0.25, 0.3) is 10.9 Å². The lowest BCUT2D eigenvalue weighted by Gasteiger charge is -2.34. The molecule has 1 aliphatic rings. The van der Waals surface area contributed by atoms with Crippen molar-refractivity contribution in [1.82, 2.24) is 9.47 Å². The summed E-state index contributed by atoms with van der Waals surface area (Å²) in [4.78, 5) is 42.5. The van der Waals surface area contributed by atoms with E-state index in [2.05, 4.69) is 10.2 Å². The van der Waals surface area contributed by atoms with Crippen LogP contribution in [-0.4, -0.2) is 59.9 Å². The largest absolute Gasteiger partial charge is 0.506 e. The Kier molecular flexibility index (Phi) is 7.25. The molecule has 10 heteroatoms. The molecule has 4 rings (SSSR count). The molecule has 1 aliphatic heterocycles. The number of rotatable bonds is 5.